The van der Waals surface area contributed by atoms with Crippen molar-refractivity contribution in [3.05, 3.63) is 35.4 Å². The molecule has 1 aliphatic heterocycles. The number of hydrogen-bond acceptors (Lipinski definition) is 4. The molecule has 1 N–H and O–H groups in total. The van der Waals surface area contributed by atoms with Gasteiger partial charge in [0.15, 0.2) is 9.84 Å². The number of rotatable bonds is 4. The first kappa shape index (κ1) is 14.7. The molecule has 1 saturated heterocycles. The van der Waals surface area contributed by atoms with Crippen LogP contribution in [0.2, 0.25) is 0 Å². The zero-order valence-electron chi connectivity index (χ0n) is 11.4. The predicted molar refractivity (Wildman–Crippen MR) is 78.3 cm³/mol. The number of aryl methyl sites for hydroxylation is 1. The minimum Gasteiger partial charge on any atom is -0.273 e. The fourth-order valence-electron chi connectivity index (χ4n) is 2.25. The Bertz CT molecular complexity index is 623. The van der Waals surface area contributed by atoms with Crippen LogP contribution in [0, 0.1) is 12.8 Å². The van der Waals surface area contributed by atoms with Crippen molar-refractivity contribution < 1.29 is 13.2 Å². The third-order valence-corrected chi connectivity index (χ3v) is 5.22. The molecule has 1 amide bonds. The fourth-order valence-corrected chi connectivity index (χ4v) is 4.11. The smallest absolute Gasteiger partial charge is 0.240 e. The molecule has 0 aliphatic carbocycles. The van der Waals surface area contributed by atoms with Crippen LogP contribution in [0.3, 0.4) is 0 Å². The molecule has 1 fully saturated rings. The number of sulfone groups is 1. The topological polar surface area (TPSA) is 75.6 Å². The van der Waals surface area contributed by atoms with E-state index in [1.807, 2.05) is 31.2 Å². The van der Waals surface area contributed by atoms with Crippen LogP contribution in [0.25, 0.3) is 0 Å². The maximum atomic E-state index is 11.7. The summed E-state index contributed by atoms with van der Waals surface area (Å²) in [6.07, 6.45) is 2.38. The summed E-state index contributed by atoms with van der Waals surface area (Å²) in [4.78, 5) is 11.7. The molecule has 0 bridgehead atoms. The van der Waals surface area contributed by atoms with Crippen molar-refractivity contribution in [2.45, 2.75) is 19.8 Å². The summed E-state index contributed by atoms with van der Waals surface area (Å²) in [6.45, 7) is 1.96. The van der Waals surface area contributed by atoms with Gasteiger partial charge in [0.25, 0.3) is 0 Å². The summed E-state index contributed by atoms with van der Waals surface area (Å²) in [5.74, 6) is -0.00935. The van der Waals surface area contributed by atoms with Crippen LogP contribution in [0.1, 0.15) is 24.0 Å². The lowest BCUT2D eigenvalue weighted by molar-refractivity contribution is -0.121. The van der Waals surface area contributed by atoms with Crippen LogP contribution in [0.5, 0.6) is 0 Å². The molecule has 1 aliphatic rings. The zero-order valence-corrected chi connectivity index (χ0v) is 12.2. The number of carbonyl (C=O) groups excluding carboxylic acids is 1. The molecule has 1 atom stereocenters. The monoisotopic (exact) mass is 294 g/mol. The SMILES string of the molecule is Cc1ccccc1/C=N\NC(=O)C[C@H]1CCS(=O)(=O)C1. The first-order valence-electron chi connectivity index (χ1n) is 6.54. The number of nitrogens with one attached hydrogen (secondary N) is 1. The molecule has 0 saturated carbocycles. The van der Waals surface area contributed by atoms with E-state index in [1.54, 1.807) is 6.21 Å². The van der Waals surface area contributed by atoms with E-state index in [2.05, 4.69) is 10.5 Å². The van der Waals surface area contributed by atoms with Gasteiger partial charge in [-0.1, -0.05) is 24.3 Å². The molecular formula is C14H18N2O3S. The number of carbonyl (C=O) groups is 1. The van der Waals surface area contributed by atoms with Gasteiger partial charge in [-0.3, -0.25) is 4.79 Å². The summed E-state index contributed by atoms with van der Waals surface area (Å²) in [5, 5.41) is 3.91. The average Bonchev–Trinajstić information content (AvgIpc) is 2.71. The van der Waals surface area contributed by atoms with E-state index in [4.69, 9.17) is 0 Å². The van der Waals surface area contributed by atoms with Gasteiger partial charge in [-0.15, -0.1) is 0 Å². The molecule has 0 unspecified atom stereocenters. The van der Waals surface area contributed by atoms with Crippen molar-refractivity contribution in [3.63, 3.8) is 0 Å². The Labute approximate surface area is 119 Å². The van der Waals surface area contributed by atoms with Gasteiger partial charge < -0.3 is 0 Å². The highest BCUT2D eigenvalue weighted by atomic mass is 32.2. The van der Waals surface area contributed by atoms with Gasteiger partial charge in [-0.05, 0) is 30.4 Å². The van der Waals surface area contributed by atoms with E-state index < -0.39 is 9.84 Å². The predicted octanol–water partition coefficient (Wildman–Crippen LogP) is 1.27. The van der Waals surface area contributed by atoms with Gasteiger partial charge in [0.1, 0.15) is 0 Å². The van der Waals surface area contributed by atoms with E-state index in [9.17, 15) is 13.2 Å². The van der Waals surface area contributed by atoms with Crippen molar-refractivity contribution in [2.24, 2.45) is 11.0 Å². The van der Waals surface area contributed by atoms with Gasteiger partial charge >= 0.3 is 0 Å². The maximum Gasteiger partial charge on any atom is 0.240 e. The molecule has 6 heteroatoms. The van der Waals surface area contributed by atoms with Crippen molar-refractivity contribution in [3.8, 4) is 0 Å². The van der Waals surface area contributed by atoms with E-state index in [0.717, 1.165) is 11.1 Å². The molecular weight excluding hydrogens is 276 g/mol. The summed E-state index contributed by atoms with van der Waals surface area (Å²) in [6, 6.07) is 7.71. The Kier molecular flexibility index (Phi) is 4.54. The van der Waals surface area contributed by atoms with Crippen LogP contribution in [0.15, 0.2) is 29.4 Å². The van der Waals surface area contributed by atoms with Crippen LogP contribution >= 0.6 is 0 Å². The van der Waals surface area contributed by atoms with E-state index in [0.29, 0.717) is 6.42 Å². The average molecular weight is 294 g/mol. The van der Waals surface area contributed by atoms with E-state index in [-0.39, 0.29) is 29.8 Å². The Morgan fingerprint density at radius 2 is 2.20 bits per heavy atom. The molecule has 2 rings (SSSR count). The van der Waals surface area contributed by atoms with Crippen molar-refractivity contribution in [2.75, 3.05) is 11.5 Å². The molecule has 0 aromatic heterocycles. The summed E-state index contributed by atoms with van der Waals surface area (Å²) in [7, 11) is -2.93. The van der Waals surface area contributed by atoms with E-state index in [1.165, 1.54) is 0 Å². The second-order valence-electron chi connectivity index (χ2n) is 5.12. The zero-order chi connectivity index (χ0) is 14.6. The highest BCUT2D eigenvalue weighted by Gasteiger charge is 2.29. The van der Waals surface area contributed by atoms with Crippen molar-refractivity contribution in [1.82, 2.24) is 5.43 Å². The third-order valence-electron chi connectivity index (χ3n) is 3.38. The summed E-state index contributed by atoms with van der Waals surface area (Å²) >= 11 is 0. The Balaban J connectivity index is 1.83. The lowest BCUT2D eigenvalue weighted by atomic mass is 10.1. The fraction of sp³-hybridized carbons (Fsp3) is 0.429. The first-order chi connectivity index (χ1) is 9.46. The Morgan fingerprint density at radius 1 is 1.45 bits per heavy atom. The second kappa shape index (κ2) is 6.17. The third kappa shape index (κ3) is 4.16. The Hall–Kier alpha value is -1.69. The summed E-state index contributed by atoms with van der Waals surface area (Å²) < 4.78 is 22.6. The molecule has 20 heavy (non-hydrogen) atoms. The number of hydrogen-bond donors (Lipinski definition) is 1. The summed E-state index contributed by atoms with van der Waals surface area (Å²) in [5.41, 5.74) is 4.47. The van der Waals surface area contributed by atoms with Crippen LogP contribution < -0.4 is 5.43 Å². The standard InChI is InChI=1S/C14H18N2O3S/c1-11-4-2-3-5-13(11)9-15-16-14(17)8-12-6-7-20(18,19)10-12/h2-5,9,12H,6-8,10H2,1H3,(H,16,17)/b15-9-/t12-/m1/s1. The second-order valence-corrected chi connectivity index (χ2v) is 7.35. The first-order valence-corrected chi connectivity index (χ1v) is 8.36. The minimum absolute atomic E-state index is 0.0753. The Morgan fingerprint density at radius 3 is 2.85 bits per heavy atom. The van der Waals surface area contributed by atoms with Gasteiger partial charge in [-0.2, -0.15) is 5.10 Å². The highest BCUT2D eigenvalue weighted by Crippen LogP contribution is 2.21. The largest absolute Gasteiger partial charge is 0.273 e. The maximum absolute atomic E-state index is 11.7. The number of hydrazone groups is 1. The molecule has 5 nitrogen and oxygen atoms in total. The molecule has 108 valence electrons. The van der Waals surface area contributed by atoms with Crippen molar-refractivity contribution >= 4 is 22.0 Å². The normalized spacial score (nSPS) is 21.1. The molecule has 1 aromatic carbocycles. The lowest BCUT2D eigenvalue weighted by Crippen LogP contribution is -2.21. The highest BCUT2D eigenvalue weighted by molar-refractivity contribution is 7.91. The quantitative estimate of drug-likeness (QED) is 0.671. The van der Waals surface area contributed by atoms with Gasteiger partial charge in [0.2, 0.25) is 5.91 Å². The van der Waals surface area contributed by atoms with Gasteiger partial charge in [0.05, 0.1) is 17.7 Å². The molecule has 1 aromatic rings. The number of amides is 1. The molecule has 1 heterocycles. The lowest BCUT2D eigenvalue weighted by Gasteiger charge is -2.05. The van der Waals surface area contributed by atoms with Crippen molar-refractivity contribution in [1.29, 1.82) is 0 Å². The van der Waals surface area contributed by atoms with Crippen LogP contribution in [-0.4, -0.2) is 32.0 Å². The van der Waals surface area contributed by atoms with Gasteiger partial charge in [0, 0.05) is 6.42 Å². The molecule has 0 spiro atoms. The minimum atomic E-state index is -2.93. The van der Waals surface area contributed by atoms with Crippen LogP contribution in [-0.2, 0) is 14.6 Å². The van der Waals surface area contributed by atoms with Crippen LogP contribution in [0.4, 0.5) is 0 Å². The number of benzene rings is 1. The van der Waals surface area contributed by atoms with E-state index >= 15 is 0 Å². The molecule has 0 radical (unpaired) electrons. The van der Waals surface area contributed by atoms with Gasteiger partial charge in [-0.25, -0.2) is 13.8 Å². The number of nitrogens with zero attached hydrogens (tertiary/aromatic N) is 1.